The fourth-order valence-corrected chi connectivity index (χ4v) is 3.28. The number of hydrogen-bond acceptors (Lipinski definition) is 4. The van der Waals surface area contributed by atoms with Crippen LogP contribution in [0.25, 0.3) is 0 Å². The molecule has 8 nitrogen and oxygen atoms in total. The first-order chi connectivity index (χ1) is 11.4. The van der Waals surface area contributed by atoms with Crippen LogP contribution in [0.4, 0.5) is 0 Å². The van der Waals surface area contributed by atoms with Gasteiger partial charge in [0.25, 0.3) is 0 Å². The summed E-state index contributed by atoms with van der Waals surface area (Å²) in [4.78, 5) is 49.0. The lowest BCUT2D eigenvalue weighted by Crippen LogP contribution is -2.57. The number of aliphatic carboxylic acids is 1. The third kappa shape index (κ3) is 4.24. The maximum absolute atomic E-state index is 12.8. The van der Waals surface area contributed by atoms with Gasteiger partial charge >= 0.3 is 5.97 Å². The number of carbonyl (C=O) groups is 4. The summed E-state index contributed by atoms with van der Waals surface area (Å²) in [6, 6.07) is -2.19. The van der Waals surface area contributed by atoms with Crippen LogP contribution in [0.5, 0.6) is 0 Å². The van der Waals surface area contributed by atoms with Gasteiger partial charge in [-0.25, -0.2) is 4.79 Å². The molecule has 2 aliphatic rings. The molecule has 2 aliphatic heterocycles. The molecule has 0 aliphatic carbocycles. The van der Waals surface area contributed by atoms with Crippen molar-refractivity contribution in [1.82, 2.24) is 15.5 Å². The number of likely N-dealkylation sites (tertiary alicyclic amines) is 1. The molecule has 3 atom stereocenters. The van der Waals surface area contributed by atoms with Crippen molar-refractivity contribution >= 4 is 23.7 Å². The number of nitrogens with zero attached hydrogens (tertiary/aromatic N) is 1. The average molecular weight is 339 g/mol. The Morgan fingerprint density at radius 3 is 2.67 bits per heavy atom. The van der Waals surface area contributed by atoms with Gasteiger partial charge in [-0.15, -0.1) is 0 Å². The fourth-order valence-electron chi connectivity index (χ4n) is 3.28. The first-order valence-corrected chi connectivity index (χ1v) is 8.57. The lowest BCUT2D eigenvalue weighted by Gasteiger charge is -2.35. The van der Waals surface area contributed by atoms with Gasteiger partial charge in [-0.05, 0) is 32.1 Å². The van der Waals surface area contributed by atoms with Crippen LogP contribution in [-0.4, -0.2) is 58.4 Å². The zero-order chi connectivity index (χ0) is 17.7. The van der Waals surface area contributed by atoms with Crippen molar-refractivity contribution in [2.24, 2.45) is 0 Å². The molecule has 0 bridgehead atoms. The third-order valence-corrected chi connectivity index (χ3v) is 4.57. The molecule has 2 saturated heterocycles. The molecule has 134 valence electrons. The van der Waals surface area contributed by atoms with E-state index in [1.165, 1.54) is 4.90 Å². The number of hydrogen-bond donors (Lipinski definition) is 3. The van der Waals surface area contributed by atoms with Gasteiger partial charge in [-0.2, -0.15) is 0 Å². The molecule has 0 saturated carbocycles. The van der Waals surface area contributed by atoms with Crippen LogP contribution in [-0.2, 0) is 19.2 Å². The average Bonchev–Trinajstić information content (AvgIpc) is 3.00. The number of amides is 3. The maximum Gasteiger partial charge on any atom is 0.326 e. The molecular formula is C16H25N3O5. The highest BCUT2D eigenvalue weighted by Crippen LogP contribution is 2.19. The smallest absolute Gasteiger partial charge is 0.326 e. The van der Waals surface area contributed by atoms with Crippen LogP contribution in [0.2, 0.25) is 0 Å². The summed E-state index contributed by atoms with van der Waals surface area (Å²) < 4.78 is 0. The minimum Gasteiger partial charge on any atom is -0.480 e. The van der Waals surface area contributed by atoms with Crippen molar-refractivity contribution in [3.63, 3.8) is 0 Å². The topological polar surface area (TPSA) is 116 Å². The Morgan fingerprint density at radius 2 is 2.08 bits per heavy atom. The van der Waals surface area contributed by atoms with Crippen molar-refractivity contribution in [3.8, 4) is 0 Å². The minimum absolute atomic E-state index is 0.171. The van der Waals surface area contributed by atoms with Gasteiger partial charge in [-0.1, -0.05) is 13.3 Å². The van der Waals surface area contributed by atoms with Crippen molar-refractivity contribution in [3.05, 3.63) is 0 Å². The summed E-state index contributed by atoms with van der Waals surface area (Å²) in [5, 5.41) is 14.6. The normalized spacial score (nSPS) is 25.0. The van der Waals surface area contributed by atoms with E-state index in [0.29, 0.717) is 38.6 Å². The van der Waals surface area contributed by atoms with Crippen molar-refractivity contribution < 1.29 is 24.3 Å². The summed E-state index contributed by atoms with van der Waals surface area (Å²) in [6.45, 7) is 2.29. The van der Waals surface area contributed by atoms with Crippen molar-refractivity contribution in [1.29, 1.82) is 0 Å². The molecule has 0 aromatic rings. The SMILES string of the molecule is CCC[C@H](NC(=O)[C@H]1CCC(=O)N1)C(=O)N1CCCCC1C(=O)O. The second-order valence-electron chi connectivity index (χ2n) is 6.39. The van der Waals surface area contributed by atoms with Crippen molar-refractivity contribution in [2.45, 2.75) is 70.0 Å². The Labute approximate surface area is 141 Å². The van der Waals surface area contributed by atoms with Gasteiger partial charge in [0.2, 0.25) is 17.7 Å². The molecule has 24 heavy (non-hydrogen) atoms. The fraction of sp³-hybridized carbons (Fsp3) is 0.750. The molecule has 8 heteroatoms. The first-order valence-electron chi connectivity index (χ1n) is 8.57. The molecule has 3 amide bonds. The number of carboxylic acid groups (broad SMARTS) is 1. The second-order valence-corrected chi connectivity index (χ2v) is 6.39. The standard InChI is InChI=1S/C16H25N3O5/c1-2-5-11(18-14(21)10-7-8-13(20)17-10)15(22)19-9-4-3-6-12(19)16(23)24/h10-12H,2-9H2,1H3,(H,17,20)(H,18,21)(H,23,24)/t10-,11+,12?/m1/s1. The van der Waals surface area contributed by atoms with Gasteiger partial charge in [0.15, 0.2) is 0 Å². The molecule has 0 aromatic heterocycles. The minimum atomic E-state index is -1.01. The van der Waals surface area contributed by atoms with Crippen LogP contribution < -0.4 is 10.6 Å². The highest BCUT2D eigenvalue weighted by Gasteiger charge is 2.37. The highest BCUT2D eigenvalue weighted by atomic mass is 16.4. The monoisotopic (exact) mass is 339 g/mol. The second kappa shape index (κ2) is 8.12. The van der Waals surface area contributed by atoms with Gasteiger partial charge in [0.1, 0.15) is 18.1 Å². The summed E-state index contributed by atoms with van der Waals surface area (Å²) in [6.07, 6.45) is 3.82. The Bertz CT molecular complexity index is 522. The molecular weight excluding hydrogens is 314 g/mol. The summed E-state index contributed by atoms with van der Waals surface area (Å²) in [5.41, 5.74) is 0. The van der Waals surface area contributed by atoms with Crippen LogP contribution in [0, 0.1) is 0 Å². The Balaban J connectivity index is 2.04. The number of rotatable bonds is 6. The quantitative estimate of drug-likeness (QED) is 0.631. The van der Waals surface area contributed by atoms with E-state index in [-0.39, 0.29) is 17.7 Å². The molecule has 2 fully saturated rings. The van der Waals surface area contributed by atoms with E-state index in [9.17, 15) is 24.3 Å². The van der Waals surface area contributed by atoms with E-state index < -0.39 is 24.1 Å². The molecule has 1 unspecified atom stereocenters. The predicted octanol–water partition coefficient (Wildman–Crippen LogP) is 0.0156. The van der Waals surface area contributed by atoms with E-state index in [0.717, 1.165) is 12.8 Å². The highest BCUT2D eigenvalue weighted by molar-refractivity contribution is 5.94. The molecule has 0 aromatic carbocycles. The van der Waals surface area contributed by atoms with Gasteiger partial charge in [0.05, 0.1) is 0 Å². The molecule has 0 radical (unpaired) electrons. The van der Waals surface area contributed by atoms with Gasteiger partial charge < -0.3 is 20.6 Å². The summed E-state index contributed by atoms with van der Waals surface area (Å²) in [5.74, 6) is -1.90. The van der Waals surface area contributed by atoms with E-state index in [1.807, 2.05) is 6.92 Å². The van der Waals surface area contributed by atoms with E-state index in [2.05, 4.69) is 10.6 Å². The Morgan fingerprint density at radius 1 is 1.33 bits per heavy atom. The lowest BCUT2D eigenvalue weighted by molar-refractivity contribution is -0.153. The van der Waals surface area contributed by atoms with Crippen LogP contribution in [0.3, 0.4) is 0 Å². The zero-order valence-corrected chi connectivity index (χ0v) is 13.9. The van der Waals surface area contributed by atoms with E-state index in [4.69, 9.17) is 0 Å². The van der Waals surface area contributed by atoms with Gasteiger partial charge in [-0.3, -0.25) is 14.4 Å². The molecule has 0 spiro atoms. The lowest BCUT2D eigenvalue weighted by atomic mass is 10.00. The zero-order valence-electron chi connectivity index (χ0n) is 13.9. The van der Waals surface area contributed by atoms with E-state index >= 15 is 0 Å². The molecule has 2 rings (SSSR count). The van der Waals surface area contributed by atoms with Crippen molar-refractivity contribution in [2.75, 3.05) is 6.54 Å². The number of carboxylic acids is 1. The number of nitrogens with one attached hydrogen (secondary N) is 2. The first kappa shape index (κ1) is 18.2. The van der Waals surface area contributed by atoms with Crippen LogP contribution in [0.15, 0.2) is 0 Å². The molecule has 3 N–H and O–H groups in total. The van der Waals surface area contributed by atoms with Crippen LogP contribution >= 0.6 is 0 Å². The van der Waals surface area contributed by atoms with Gasteiger partial charge in [0, 0.05) is 13.0 Å². The van der Waals surface area contributed by atoms with E-state index in [1.54, 1.807) is 0 Å². The largest absolute Gasteiger partial charge is 0.480 e. The predicted molar refractivity (Wildman–Crippen MR) is 85.0 cm³/mol. The molecule has 2 heterocycles. The van der Waals surface area contributed by atoms with Crippen LogP contribution in [0.1, 0.15) is 51.9 Å². The summed E-state index contributed by atoms with van der Waals surface area (Å²) >= 11 is 0. The maximum atomic E-state index is 12.8. The Kier molecular flexibility index (Phi) is 6.16. The number of carbonyl (C=O) groups excluding carboxylic acids is 3. The number of piperidine rings is 1. The summed E-state index contributed by atoms with van der Waals surface area (Å²) in [7, 11) is 0. The Hall–Kier alpha value is -2.12. The third-order valence-electron chi connectivity index (χ3n) is 4.57.